The van der Waals surface area contributed by atoms with Crippen molar-refractivity contribution < 1.29 is 31.7 Å². The van der Waals surface area contributed by atoms with Crippen molar-refractivity contribution in [3.8, 4) is 0 Å². The van der Waals surface area contributed by atoms with Gasteiger partial charge in [0, 0.05) is 0 Å². The van der Waals surface area contributed by atoms with E-state index in [2.05, 4.69) is 6.92 Å². The molecule has 0 unspecified atom stereocenters. The molecule has 0 saturated carbocycles. The van der Waals surface area contributed by atoms with Gasteiger partial charge in [-0.3, -0.25) is 0 Å². The van der Waals surface area contributed by atoms with Gasteiger partial charge in [-0.05, 0) is 0 Å². The van der Waals surface area contributed by atoms with Crippen molar-refractivity contribution in [1.82, 2.24) is 0 Å². The maximum absolute atomic E-state index is 3.49. The molecule has 0 aliphatic heterocycles. The summed E-state index contributed by atoms with van der Waals surface area (Å²) in [6.07, 6.45) is 1.00. The molecule has 2 heteroatoms. The summed E-state index contributed by atoms with van der Waals surface area (Å²) in [4.78, 5) is 0. The molecule has 1 nitrogen and oxygen atoms in total. The van der Waals surface area contributed by atoms with Gasteiger partial charge in [-0.2, -0.15) is 6.42 Å². The van der Waals surface area contributed by atoms with Gasteiger partial charge in [0.2, 0.25) is 0 Å². The van der Waals surface area contributed by atoms with E-state index in [4.69, 9.17) is 0 Å². The Morgan fingerprint density at radius 3 is 1.60 bits per heavy atom. The second kappa shape index (κ2) is 21.1. The van der Waals surface area contributed by atoms with Crippen LogP contribution in [0, 0.1) is 6.92 Å². The fraction of sp³-hybridized carbons (Fsp3) is 0.667. The number of hydrogen-bond donors (Lipinski definition) is 0. The van der Waals surface area contributed by atoms with E-state index in [-0.39, 0.29) is 31.7 Å². The third kappa shape index (κ3) is 55.1. The van der Waals surface area contributed by atoms with E-state index in [0.717, 1.165) is 6.42 Å². The minimum Gasteiger partial charge on any atom is -0.870 e. The standard InChI is InChI=1S/C3H7.H2O.Zr/c1-3-2;;/h1,3H2,2H3;1H2;/q-1;;+2/p-1. The normalized spacial score (nSPS) is 3.60. The van der Waals surface area contributed by atoms with Gasteiger partial charge in [0.15, 0.2) is 0 Å². The molecule has 0 atom stereocenters. The molecular weight excluding hydrogens is 143 g/mol. The first-order valence-corrected chi connectivity index (χ1v) is 1.21. The molecule has 0 spiro atoms. The number of hydrogen-bond acceptors (Lipinski definition) is 1. The Kier molecular flexibility index (Phi) is 71.4. The Hall–Kier alpha value is 0.843. The second-order valence-electron chi connectivity index (χ2n) is 0.500. The fourth-order valence-corrected chi connectivity index (χ4v) is 0. The molecule has 0 heterocycles. The van der Waals surface area contributed by atoms with E-state index in [1.54, 1.807) is 0 Å². The van der Waals surface area contributed by atoms with Gasteiger partial charge in [-0.15, -0.1) is 0 Å². The summed E-state index contributed by atoms with van der Waals surface area (Å²) in [5.41, 5.74) is 0. The van der Waals surface area contributed by atoms with E-state index in [0.29, 0.717) is 0 Å². The first-order valence-electron chi connectivity index (χ1n) is 1.21. The second-order valence-corrected chi connectivity index (χ2v) is 0.500. The molecule has 0 aromatic rings. The predicted octanol–water partition coefficient (Wildman–Crippen LogP) is 1.05. The van der Waals surface area contributed by atoms with Crippen LogP contribution in [-0.2, 0) is 26.2 Å². The summed E-state index contributed by atoms with van der Waals surface area (Å²) in [7, 11) is 0. The van der Waals surface area contributed by atoms with Crippen molar-refractivity contribution in [3.63, 3.8) is 0 Å². The number of rotatable bonds is 0. The fourth-order valence-electron chi connectivity index (χ4n) is 0. The molecule has 0 amide bonds. The molecule has 0 bridgehead atoms. The summed E-state index contributed by atoms with van der Waals surface area (Å²) in [5, 5.41) is 0. The monoisotopic (exact) mass is 150 g/mol. The van der Waals surface area contributed by atoms with Crippen LogP contribution in [0.25, 0.3) is 0 Å². The maximum Gasteiger partial charge on any atom is 2.00 e. The Morgan fingerprint density at radius 1 is 1.60 bits per heavy atom. The Balaban J connectivity index is -0.0000000200. The van der Waals surface area contributed by atoms with Crippen molar-refractivity contribution in [1.29, 1.82) is 0 Å². The van der Waals surface area contributed by atoms with E-state index in [9.17, 15) is 0 Å². The Morgan fingerprint density at radius 2 is 1.60 bits per heavy atom. The van der Waals surface area contributed by atoms with Crippen LogP contribution in [0.15, 0.2) is 0 Å². The average Bonchev–Trinajstić information content (AvgIpc) is 0.918. The van der Waals surface area contributed by atoms with Gasteiger partial charge < -0.3 is 12.4 Å². The van der Waals surface area contributed by atoms with Gasteiger partial charge in [0.1, 0.15) is 0 Å². The third-order valence-electron chi connectivity index (χ3n) is 0. The van der Waals surface area contributed by atoms with Crippen molar-refractivity contribution in [2.75, 3.05) is 0 Å². The SMILES string of the molecule is [CH2-]CC.[OH-].[Zr+2]. The van der Waals surface area contributed by atoms with Gasteiger partial charge in [-0.25, -0.2) is 0 Å². The van der Waals surface area contributed by atoms with Gasteiger partial charge in [-0.1, -0.05) is 6.92 Å². The molecular formula is C3H8OZr. The van der Waals surface area contributed by atoms with Crippen molar-refractivity contribution in [2.45, 2.75) is 13.3 Å². The van der Waals surface area contributed by atoms with Crippen LogP contribution < -0.4 is 0 Å². The smallest absolute Gasteiger partial charge is 0.870 e. The largest absolute Gasteiger partial charge is 2.00 e. The molecule has 1 N–H and O–H groups in total. The van der Waals surface area contributed by atoms with E-state index < -0.39 is 0 Å². The van der Waals surface area contributed by atoms with E-state index in [1.807, 2.05) is 6.92 Å². The molecule has 0 aliphatic rings. The predicted molar refractivity (Wildman–Crippen MR) is 17.6 cm³/mol. The van der Waals surface area contributed by atoms with Crippen molar-refractivity contribution >= 4 is 0 Å². The molecule has 0 fully saturated rings. The first-order chi connectivity index (χ1) is 1.41. The first kappa shape index (κ1) is 17.0. The molecule has 5 heavy (non-hydrogen) atoms. The molecule has 0 saturated heterocycles. The zero-order valence-electron chi connectivity index (χ0n) is 3.36. The van der Waals surface area contributed by atoms with Crippen LogP contribution in [0.5, 0.6) is 0 Å². The van der Waals surface area contributed by atoms with Crippen LogP contribution in [0.4, 0.5) is 0 Å². The molecule has 0 rings (SSSR count). The van der Waals surface area contributed by atoms with Gasteiger partial charge in [0.25, 0.3) is 0 Å². The third-order valence-corrected chi connectivity index (χ3v) is 0. The zero-order chi connectivity index (χ0) is 2.71. The van der Waals surface area contributed by atoms with E-state index in [1.165, 1.54) is 0 Å². The topological polar surface area (TPSA) is 30.0 Å². The summed E-state index contributed by atoms with van der Waals surface area (Å²) in [5.74, 6) is 0. The van der Waals surface area contributed by atoms with E-state index >= 15 is 0 Å². The Labute approximate surface area is 52.2 Å². The maximum atomic E-state index is 3.49. The molecule has 0 aromatic carbocycles. The Bertz CT molecular complexity index is 6.85. The van der Waals surface area contributed by atoms with Crippen molar-refractivity contribution in [2.24, 2.45) is 0 Å². The van der Waals surface area contributed by atoms with Crippen LogP contribution in [0.1, 0.15) is 13.3 Å². The summed E-state index contributed by atoms with van der Waals surface area (Å²) in [6, 6.07) is 0. The summed E-state index contributed by atoms with van der Waals surface area (Å²) in [6.45, 7) is 5.50. The minimum atomic E-state index is 0. The average molecular weight is 151 g/mol. The summed E-state index contributed by atoms with van der Waals surface area (Å²) >= 11 is 0. The van der Waals surface area contributed by atoms with Crippen molar-refractivity contribution in [3.05, 3.63) is 6.92 Å². The minimum absolute atomic E-state index is 0. The zero-order valence-corrected chi connectivity index (χ0v) is 5.82. The van der Waals surface area contributed by atoms with Gasteiger partial charge in [0.05, 0.1) is 0 Å². The molecule has 30 valence electrons. The summed E-state index contributed by atoms with van der Waals surface area (Å²) < 4.78 is 0. The van der Waals surface area contributed by atoms with Crippen LogP contribution >= 0.6 is 0 Å². The van der Waals surface area contributed by atoms with Crippen LogP contribution in [-0.4, -0.2) is 5.48 Å². The van der Waals surface area contributed by atoms with Gasteiger partial charge >= 0.3 is 26.2 Å². The molecule has 0 aliphatic carbocycles. The quantitative estimate of drug-likeness (QED) is 0.476. The van der Waals surface area contributed by atoms with Crippen LogP contribution in [0.3, 0.4) is 0 Å². The molecule has 0 radical (unpaired) electrons. The van der Waals surface area contributed by atoms with Crippen LogP contribution in [0.2, 0.25) is 0 Å². The molecule has 0 aromatic heterocycles.